The maximum Gasteiger partial charge on any atom is 0.129 e. The van der Waals surface area contributed by atoms with Gasteiger partial charge < -0.3 is 5.73 Å². The van der Waals surface area contributed by atoms with Crippen molar-refractivity contribution in [3.05, 3.63) is 41.0 Å². The summed E-state index contributed by atoms with van der Waals surface area (Å²) in [6.45, 7) is 0. The smallest absolute Gasteiger partial charge is 0.129 e. The molecule has 0 atom stereocenters. The molecular weight excluding hydrogens is 296 g/mol. The predicted octanol–water partition coefficient (Wildman–Crippen LogP) is 4.52. The summed E-state index contributed by atoms with van der Waals surface area (Å²) >= 11 is 6.66. The Morgan fingerprint density at radius 2 is 2.00 bits per heavy atom. The van der Waals surface area contributed by atoms with Crippen molar-refractivity contribution in [1.29, 1.82) is 0 Å². The summed E-state index contributed by atoms with van der Waals surface area (Å²) in [6.07, 6.45) is 6.54. The average molecular weight is 313 g/mol. The van der Waals surface area contributed by atoms with Crippen LogP contribution in [-0.2, 0) is 0 Å². The fourth-order valence-electron chi connectivity index (χ4n) is 3.44. The van der Waals surface area contributed by atoms with E-state index in [0.717, 1.165) is 45.6 Å². The van der Waals surface area contributed by atoms with Crippen LogP contribution in [0.2, 0.25) is 5.02 Å². The standard InChI is InChI=1S/C17H17ClN4/c18-16-12-6-5-11(13-7-8-20-22-13)9-14(12)21-17(19)15(16)10-3-1-2-4-10/h5-10H,1-4H2,(H2,19,21)(H,20,22). The van der Waals surface area contributed by atoms with Gasteiger partial charge in [-0.3, -0.25) is 5.10 Å². The maximum atomic E-state index is 6.66. The Kier molecular flexibility index (Phi) is 3.26. The number of halogens is 1. The molecule has 0 amide bonds. The topological polar surface area (TPSA) is 67.6 Å². The maximum absolute atomic E-state index is 6.66. The van der Waals surface area contributed by atoms with Gasteiger partial charge in [0, 0.05) is 22.7 Å². The molecule has 1 aliphatic rings. The zero-order valence-electron chi connectivity index (χ0n) is 12.1. The predicted molar refractivity (Wildman–Crippen MR) is 90.0 cm³/mol. The molecule has 0 spiro atoms. The molecule has 1 fully saturated rings. The molecule has 22 heavy (non-hydrogen) atoms. The summed E-state index contributed by atoms with van der Waals surface area (Å²) in [5, 5.41) is 8.69. The molecule has 4 nitrogen and oxygen atoms in total. The summed E-state index contributed by atoms with van der Waals surface area (Å²) in [5.41, 5.74) is 10.1. The highest BCUT2D eigenvalue weighted by Crippen LogP contribution is 2.42. The number of H-pyrrole nitrogens is 1. The van der Waals surface area contributed by atoms with Crippen molar-refractivity contribution in [2.45, 2.75) is 31.6 Å². The van der Waals surface area contributed by atoms with Gasteiger partial charge in [0.1, 0.15) is 5.82 Å². The number of nitrogens with two attached hydrogens (primary N) is 1. The van der Waals surface area contributed by atoms with Gasteiger partial charge in [-0.25, -0.2) is 4.98 Å². The van der Waals surface area contributed by atoms with Crippen LogP contribution in [0, 0.1) is 0 Å². The molecule has 0 saturated heterocycles. The van der Waals surface area contributed by atoms with Crippen LogP contribution in [0.15, 0.2) is 30.5 Å². The van der Waals surface area contributed by atoms with E-state index in [9.17, 15) is 0 Å². The van der Waals surface area contributed by atoms with Crippen molar-refractivity contribution in [1.82, 2.24) is 15.2 Å². The van der Waals surface area contributed by atoms with Gasteiger partial charge in [0.25, 0.3) is 0 Å². The molecule has 3 N–H and O–H groups in total. The SMILES string of the molecule is Nc1nc2cc(-c3ccn[nH]3)ccc2c(Cl)c1C1CCCC1. The molecule has 1 aromatic carbocycles. The Labute approximate surface area is 133 Å². The van der Waals surface area contributed by atoms with Gasteiger partial charge in [-0.05, 0) is 30.9 Å². The molecule has 0 aliphatic heterocycles. The van der Waals surface area contributed by atoms with Crippen LogP contribution in [0.5, 0.6) is 0 Å². The summed E-state index contributed by atoms with van der Waals surface area (Å²) in [5.74, 6) is 1.03. The van der Waals surface area contributed by atoms with E-state index < -0.39 is 0 Å². The van der Waals surface area contributed by atoms with E-state index in [1.54, 1.807) is 6.20 Å². The first-order valence-corrected chi connectivity index (χ1v) is 8.00. The third kappa shape index (κ3) is 2.15. The van der Waals surface area contributed by atoms with Gasteiger partial charge in [0.15, 0.2) is 0 Å². The lowest BCUT2D eigenvalue weighted by atomic mass is 9.96. The van der Waals surface area contributed by atoms with Crippen molar-refractivity contribution in [2.24, 2.45) is 0 Å². The third-order valence-electron chi connectivity index (χ3n) is 4.56. The van der Waals surface area contributed by atoms with Crippen LogP contribution >= 0.6 is 11.6 Å². The molecular formula is C17H17ClN4. The highest BCUT2D eigenvalue weighted by molar-refractivity contribution is 6.36. The molecule has 3 aromatic rings. The first kappa shape index (κ1) is 13.6. The molecule has 112 valence electrons. The number of fused-ring (bicyclic) bond motifs is 1. The molecule has 5 heteroatoms. The van der Waals surface area contributed by atoms with E-state index in [4.69, 9.17) is 17.3 Å². The summed E-state index contributed by atoms with van der Waals surface area (Å²) < 4.78 is 0. The Morgan fingerprint density at radius 3 is 2.73 bits per heavy atom. The number of hydrogen-bond donors (Lipinski definition) is 2. The Morgan fingerprint density at radius 1 is 1.18 bits per heavy atom. The summed E-state index contributed by atoms with van der Waals surface area (Å²) in [6, 6.07) is 8.00. The molecule has 4 rings (SSSR count). The van der Waals surface area contributed by atoms with Gasteiger partial charge in [-0.2, -0.15) is 5.10 Å². The Bertz CT molecular complexity index is 820. The van der Waals surface area contributed by atoms with E-state index in [-0.39, 0.29) is 0 Å². The molecule has 0 unspecified atom stereocenters. The van der Waals surface area contributed by atoms with E-state index >= 15 is 0 Å². The second-order valence-electron chi connectivity index (χ2n) is 5.91. The minimum atomic E-state index is 0.455. The molecule has 1 saturated carbocycles. The molecule has 2 aromatic heterocycles. The van der Waals surface area contributed by atoms with Crippen molar-refractivity contribution in [3.63, 3.8) is 0 Å². The van der Waals surface area contributed by atoms with Crippen molar-refractivity contribution in [3.8, 4) is 11.3 Å². The number of nitrogens with one attached hydrogen (secondary N) is 1. The van der Waals surface area contributed by atoms with Gasteiger partial charge in [0.05, 0.1) is 16.2 Å². The lowest BCUT2D eigenvalue weighted by Crippen LogP contribution is -2.04. The molecule has 0 radical (unpaired) electrons. The zero-order chi connectivity index (χ0) is 15.1. The first-order chi connectivity index (χ1) is 10.7. The van der Waals surface area contributed by atoms with Crippen molar-refractivity contribution in [2.75, 3.05) is 5.73 Å². The van der Waals surface area contributed by atoms with Crippen LogP contribution in [0.25, 0.3) is 22.2 Å². The lowest BCUT2D eigenvalue weighted by Gasteiger charge is -2.16. The minimum absolute atomic E-state index is 0.455. The number of nitrogen functional groups attached to an aromatic ring is 1. The fourth-order valence-corrected chi connectivity index (χ4v) is 3.86. The lowest BCUT2D eigenvalue weighted by molar-refractivity contribution is 0.724. The number of nitrogens with zero attached hydrogens (tertiary/aromatic N) is 2. The van der Waals surface area contributed by atoms with Gasteiger partial charge >= 0.3 is 0 Å². The minimum Gasteiger partial charge on any atom is -0.383 e. The van der Waals surface area contributed by atoms with E-state index in [1.165, 1.54) is 12.8 Å². The number of anilines is 1. The van der Waals surface area contributed by atoms with E-state index in [1.807, 2.05) is 24.3 Å². The summed E-state index contributed by atoms with van der Waals surface area (Å²) in [4.78, 5) is 4.61. The van der Waals surface area contributed by atoms with Gasteiger partial charge in [0.2, 0.25) is 0 Å². The first-order valence-electron chi connectivity index (χ1n) is 7.62. The van der Waals surface area contributed by atoms with E-state index in [2.05, 4.69) is 15.2 Å². The van der Waals surface area contributed by atoms with Crippen LogP contribution in [0.1, 0.15) is 37.2 Å². The molecule has 2 heterocycles. The zero-order valence-corrected chi connectivity index (χ0v) is 12.9. The fraction of sp³-hybridized carbons (Fsp3) is 0.294. The van der Waals surface area contributed by atoms with Gasteiger partial charge in [-0.1, -0.05) is 36.6 Å². The monoisotopic (exact) mass is 312 g/mol. The number of pyridine rings is 1. The Balaban J connectivity index is 1.87. The second kappa shape index (κ2) is 5.29. The number of rotatable bonds is 2. The van der Waals surface area contributed by atoms with Gasteiger partial charge in [-0.15, -0.1) is 0 Å². The summed E-state index contributed by atoms with van der Waals surface area (Å²) in [7, 11) is 0. The van der Waals surface area contributed by atoms with Crippen LogP contribution < -0.4 is 5.73 Å². The second-order valence-corrected chi connectivity index (χ2v) is 6.29. The quantitative estimate of drug-likeness (QED) is 0.731. The number of aromatic amines is 1. The highest BCUT2D eigenvalue weighted by Gasteiger charge is 2.24. The average Bonchev–Trinajstić information content (AvgIpc) is 3.20. The van der Waals surface area contributed by atoms with Crippen LogP contribution in [0.4, 0.5) is 5.82 Å². The highest BCUT2D eigenvalue weighted by atomic mass is 35.5. The molecule has 0 bridgehead atoms. The van der Waals surface area contributed by atoms with Crippen molar-refractivity contribution < 1.29 is 0 Å². The third-order valence-corrected chi connectivity index (χ3v) is 4.97. The number of hydrogen-bond acceptors (Lipinski definition) is 3. The molecule has 1 aliphatic carbocycles. The largest absolute Gasteiger partial charge is 0.383 e. The normalized spacial score (nSPS) is 15.7. The van der Waals surface area contributed by atoms with Crippen LogP contribution in [0.3, 0.4) is 0 Å². The van der Waals surface area contributed by atoms with Crippen molar-refractivity contribution >= 4 is 28.3 Å². The Hall–Kier alpha value is -2.07. The number of benzene rings is 1. The van der Waals surface area contributed by atoms with Crippen LogP contribution in [-0.4, -0.2) is 15.2 Å². The van der Waals surface area contributed by atoms with E-state index in [0.29, 0.717) is 11.7 Å². The number of aromatic nitrogens is 3.